The van der Waals surface area contributed by atoms with Gasteiger partial charge in [-0.3, -0.25) is 4.79 Å². The summed E-state index contributed by atoms with van der Waals surface area (Å²) in [4.78, 5) is 14.6. The van der Waals surface area contributed by atoms with E-state index in [-0.39, 0.29) is 23.7 Å². The number of nitrogens with two attached hydrogens (primary N) is 1. The largest absolute Gasteiger partial charge is 0.435 e. The number of carbonyl (C=O) groups is 1. The smallest absolute Gasteiger partial charge is 0.387 e. The van der Waals surface area contributed by atoms with Gasteiger partial charge in [0.2, 0.25) is 0 Å². The zero-order valence-electron chi connectivity index (χ0n) is 16.9. The van der Waals surface area contributed by atoms with Crippen molar-refractivity contribution in [2.75, 3.05) is 11.9 Å². The SMILES string of the molecule is C[C@@H]([NH2+][C@@H](c1ccccc1)c1ccc(OC(F)F)cc1)C(=O)N(C)c1ccccc1. The van der Waals surface area contributed by atoms with Crippen LogP contribution in [0.1, 0.15) is 24.1 Å². The Morgan fingerprint density at radius 3 is 1.97 bits per heavy atom. The standard InChI is InChI=1S/C24H24F2N2O2/c1-17(23(29)28(2)20-11-7-4-8-12-20)27-22(18-9-5-3-6-10-18)19-13-15-21(16-14-19)30-24(25)26/h3-17,22,24,27H,1-2H3/p+1/t17-,22+/m1/s1. The third-order valence-corrected chi connectivity index (χ3v) is 4.97. The number of alkyl halides is 2. The van der Waals surface area contributed by atoms with E-state index in [1.165, 1.54) is 12.1 Å². The van der Waals surface area contributed by atoms with Gasteiger partial charge in [-0.1, -0.05) is 48.5 Å². The first-order valence-electron chi connectivity index (χ1n) is 9.73. The highest BCUT2D eigenvalue weighted by atomic mass is 19.3. The van der Waals surface area contributed by atoms with Crippen molar-refractivity contribution in [1.82, 2.24) is 0 Å². The molecule has 0 heterocycles. The van der Waals surface area contributed by atoms with E-state index in [0.29, 0.717) is 0 Å². The maximum atomic E-state index is 13.0. The van der Waals surface area contributed by atoms with Crippen LogP contribution in [0.2, 0.25) is 0 Å². The Morgan fingerprint density at radius 1 is 0.867 bits per heavy atom. The number of benzene rings is 3. The summed E-state index contributed by atoms with van der Waals surface area (Å²) in [7, 11) is 1.76. The number of nitrogens with zero attached hydrogens (tertiary/aromatic N) is 1. The molecule has 0 aliphatic carbocycles. The number of para-hydroxylation sites is 1. The van der Waals surface area contributed by atoms with Crippen LogP contribution >= 0.6 is 0 Å². The molecule has 0 aliphatic heterocycles. The number of anilines is 1. The van der Waals surface area contributed by atoms with Gasteiger partial charge in [-0.2, -0.15) is 8.78 Å². The maximum Gasteiger partial charge on any atom is 0.387 e. The second-order valence-electron chi connectivity index (χ2n) is 7.05. The van der Waals surface area contributed by atoms with Crippen molar-refractivity contribution in [3.05, 3.63) is 96.1 Å². The zero-order chi connectivity index (χ0) is 21.5. The van der Waals surface area contributed by atoms with Crippen LogP contribution in [0, 0.1) is 0 Å². The molecule has 4 nitrogen and oxygen atoms in total. The van der Waals surface area contributed by atoms with Crippen molar-refractivity contribution in [1.29, 1.82) is 0 Å². The summed E-state index contributed by atoms with van der Waals surface area (Å²) >= 11 is 0. The molecule has 0 unspecified atom stereocenters. The van der Waals surface area contributed by atoms with Crippen molar-refractivity contribution in [2.45, 2.75) is 25.6 Å². The summed E-state index contributed by atoms with van der Waals surface area (Å²) in [6, 6.07) is 25.3. The normalized spacial score (nSPS) is 13.0. The molecule has 2 N–H and O–H groups in total. The van der Waals surface area contributed by atoms with E-state index < -0.39 is 6.61 Å². The van der Waals surface area contributed by atoms with E-state index in [4.69, 9.17) is 0 Å². The number of likely N-dealkylation sites (N-methyl/N-ethyl adjacent to an activating group) is 1. The van der Waals surface area contributed by atoms with Gasteiger partial charge in [0.15, 0.2) is 6.04 Å². The number of amides is 1. The number of ether oxygens (including phenoxy) is 1. The second-order valence-corrected chi connectivity index (χ2v) is 7.05. The first-order valence-corrected chi connectivity index (χ1v) is 9.73. The lowest BCUT2D eigenvalue weighted by Gasteiger charge is -2.24. The highest BCUT2D eigenvalue weighted by molar-refractivity contribution is 5.95. The molecule has 3 aromatic rings. The summed E-state index contributed by atoms with van der Waals surface area (Å²) in [6.07, 6.45) is 0. The van der Waals surface area contributed by atoms with Gasteiger partial charge in [-0.25, -0.2) is 0 Å². The molecule has 30 heavy (non-hydrogen) atoms. The van der Waals surface area contributed by atoms with E-state index >= 15 is 0 Å². The summed E-state index contributed by atoms with van der Waals surface area (Å²) in [6.45, 7) is -0.995. The quantitative estimate of drug-likeness (QED) is 0.609. The number of hydrogen-bond acceptors (Lipinski definition) is 2. The molecule has 0 bridgehead atoms. The van der Waals surface area contributed by atoms with Crippen LogP contribution in [0.4, 0.5) is 14.5 Å². The van der Waals surface area contributed by atoms with E-state index in [1.807, 2.05) is 72.9 Å². The van der Waals surface area contributed by atoms with Gasteiger partial charge in [-0.15, -0.1) is 0 Å². The van der Waals surface area contributed by atoms with E-state index in [9.17, 15) is 13.6 Å². The van der Waals surface area contributed by atoms with Crippen LogP contribution in [-0.4, -0.2) is 25.6 Å². The number of rotatable bonds is 8. The fourth-order valence-electron chi connectivity index (χ4n) is 3.39. The predicted octanol–water partition coefficient (Wildman–Crippen LogP) is 3.99. The van der Waals surface area contributed by atoms with Gasteiger partial charge in [0, 0.05) is 23.9 Å². The molecule has 156 valence electrons. The average molecular weight is 411 g/mol. The number of quaternary nitrogens is 1. The van der Waals surface area contributed by atoms with Crippen LogP contribution in [0.15, 0.2) is 84.9 Å². The van der Waals surface area contributed by atoms with Crippen molar-refractivity contribution < 1.29 is 23.6 Å². The Balaban J connectivity index is 1.82. The third kappa shape index (κ3) is 5.42. The topological polar surface area (TPSA) is 46.1 Å². The van der Waals surface area contributed by atoms with Gasteiger partial charge in [0.1, 0.15) is 11.8 Å². The van der Waals surface area contributed by atoms with E-state index in [1.54, 1.807) is 24.1 Å². The molecule has 0 aromatic heterocycles. The third-order valence-electron chi connectivity index (χ3n) is 4.97. The monoisotopic (exact) mass is 411 g/mol. The van der Waals surface area contributed by atoms with Gasteiger partial charge >= 0.3 is 6.61 Å². The van der Waals surface area contributed by atoms with Gasteiger partial charge < -0.3 is 15.0 Å². The highest BCUT2D eigenvalue weighted by Crippen LogP contribution is 2.22. The summed E-state index contributed by atoms with van der Waals surface area (Å²) in [5.41, 5.74) is 2.74. The van der Waals surface area contributed by atoms with Gasteiger partial charge in [-0.05, 0) is 43.3 Å². The minimum Gasteiger partial charge on any atom is -0.435 e. The Labute approximate surface area is 175 Å². The molecule has 0 spiro atoms. The Morgan fingerprint density at radius 2 is 1.40 bits per heavy atom. The molecule has 6 heteroatoms. The molecule has 3 aromatic carbocycles. The van der Waals surface area contributed by atoms with Gasteiger partial charge in [0.05, 0.1) is 0 Å². The summed E-state index contributed by atoms with van der Waals surface area (Å²) in [5, 5.41) is 1.99. The lowest BCUT2D eigenvalue weighted by atomic mass is 9.97. The second kappa shape index (κ2) is 9.98. The lowest BCUT2D eigenvalue weighted by molar-refractivity contribution is -0.704. The fourth-order valence-corrected chi connectivity index (χ4v) is 3.39. The maximum absolute atomic E-state index is 13.0. The number of hydrogen-bond donors (Lipinski definition) is 1. The summed E-state index contributed by atoms with van der Waals surface area (Å²) in [5.74, 6) is 0.0771. The van der Waals surface area contributed by atoms with E-state index in [2.05, 4.69) is 4.74 Å². The Kier molecular flexibility index (Phi) is 7.14. The van der Waals surface area contributed by atoms with Crippen LogP contribution in [0.3, 0.4) is 0 Å². The lowest BCUT2D eigenvalue weighted by Crippen LogP contribution is -2.92. The van der Waals surface area contributed by atoms with Crippen LogP contribution < -0.4 is 15.0 Å². The van der Waals surface area contributed by atoms with Crippen molar-refractivity contribution >= 4 is 11.6 Å². The first kappa shape index (κ1) is 21.5. The van der Waals surface area contributed by atoms with Crippen LogP contribution in [0.25, 0.3) is 0 Å². The Hall–Kier alpha value is -3.25. The average Bonchev–Trinajstić information content (AvgIpc) is 2.77. The Bertz CT molecular complexity index is 934. The molecule has 3 rings (SSSR count). The van der Waals surface area contributed by atoms with Crippen molar-refractivity contribution in [2.24, 2.45) is 0 Å². The first-order chi connectivity index (χ1) is 14.5. The molecular weight excluding hydrogens is 386 g/mol. The minimum atomic E-state index is -2.86. The molecule has 0 radical (unpaired) electrons. The molecule has 1 amide bonds. The summed E-state index contributed by atoms with van der Waals surface area (Å²) < 4.78 is 29.4. The molecular formula is C24H25F2N2O2+. The molecule has 0 aliphatic rings. The highest BCUT2D eigenvalue weighted by Gasteiger charge is 2.27. The molecule has 2 atom stereocenters. The fraction of sp³-hybridized carbons (Fsp3) is 0.208. The molecule has 0 fully saturated rings. The van der Waals surface area contributed by atoms with Crippen LogP contribution in [-0.2, 0) is 4.79 Å². The van der Waals surface area contributed by atoms with Crippen molar-refractivity contribution in [3.63, 3.8) is 0 Å². The van der Waals surface area contributed by atoms with Crippen molar-refractivity contribution in [3.8, 4) is 5.75 Å². The number of carbonyl (C=O) groups excluding carboxylic acids is 1. The predicted molar refractivity (Wildman–Crippen MR) is 113 cm³/mol. The number of halogens is 2. The minimum absolute atomic E-state index is 0.0280. The van der Waals surface area contributed by atoms with E-state index in [0.717, 1.165) is 16.8 Å². The molecule has 0 saturated heterocycles. The van der Waals surface area contributed by atoms with Crippen LogP contribution in [0.5, 0.6) is 5.75 Å². The van der Waals surface area contributed by atoms with Gasteiger partial charge in [0.25, 0.3) is 5.91 Å². The zero-order valence-corrected chi connectivity index (χ0v) is 16.9. The molecule has 0 saturated carbocycles.